The predicted molar refractivity (Wildman–Crippen MR) is 78.8 cm³/mol. The lowest BCUT2D eigenvalue weighted by Crippen LogP contribution is -2.22. The van der Waals surface area contributed by atoms with E-state index in [1.807, 2.05) is 0 Å². The molecule has 0 saturated heterocycles. The summed E-state index contributed by atoms with van der Waals surface area (Å²) in [7, 11) is 0. The molecule has 2 aromatic rings. The molecule has 0 bridgehead atoms. The van der Waals surface area contributed by atoms with E-state index in [2.05, 4.69) is 21.2 Å². The monoisotopic (exact) mass is 345 g/mol. The minimum absolute atomic E-state index is 0.00215. The molecule has 1 amide bonds. The van der Waals surface area contributed by atoms with E-state index in [9.17, 15) is 19.5 Å². The summed E-state index contributed by atoms with van der Waals surface area (Å²) in [6, 6.07) is 7.66. The molecule has 0 atom stereocenters. The number of anilines is 1. The van der Waals surface area contributed by atoms with Crippen LogP contribution in [-0.4, -0.2) is 23.1 Å². The summed E-state index contributed by atoms with van der Waals surface area (Å²) in [5.41, 5.74) is 0.570. The molecule has 3 rings (SSSR count). The molecule has 0 unspecified atom stereocenters. The van der Waals surface area contributed by atoms with Gasteiger partial charge in [0.05, 0.1) is 16.8 Å². The molecule has 0 radical (unpaired) electrons. The first-order chi connectivity index (χ1) is 10.1. The third kappa shape index (κ3) is 1.87. The maximum Gasteiger partial charge on any atom is 0.211 e. The van der Waals surface area contributed by atoms with E-state index in [1.54, 1.807) is 18.2 Å². The number of fused-ring (bicyclic) bond motifs is 2. The summed E-state index contributed by atoms with van der Waals surface area (Å²) < 4.78 is 0.325. The van der Waals surface area contributed by atoms with Crippen molar-refractivity contribution < 1.29 is 19.5 Å². The zero-order chi connectivity index (χ0) is 15.1. The maximum absolute atomic E-state index is 12.6. The van der Waals surface area contributed by atoms with Gasteiger partial charge in [0.25, 0.3) is 0 Å². The van der Waals surface area contributed by atoms with Gasteiger partial charge in [0, 0.05) is 15.6 Å². The van der Waals surface area contributed by atoms with E-state index in [4.69, 9.17) is 0 Å². The highest BCUT2D eigenvalue weighted by atomic mass is 79.9. The van der Waals surface area contributed by atoms with Crippen LogP contribution < -0.4 is 5.32 Å². The molecule has 0 aromatic heterocycles. The molecule has 0 aliphatic heterocycles. The van der Waals surface area contributed by atoms with E-state index >= 15 is 0 Å². The Hall–Kier alpha value is -2.47. The first kappa shape index (κ1) is 13.5. The number of halogens is 1. The first-order valence-electron chi connectivity index (χ1n) is 6.00. The second kappa shape index (κ2) is 4.82. The normalized spacial score (nSPS) is 12.6. The Morgan fingerprint density at radius 2 is 1.62 bits per heavy atom. The number of aromatic hydroxyl groups is 1. The van der Waals surface area contributed by atoms with Gasteiger partial charge in [0.15, 0.2) is 11.6 Å². The molecule has 2 N–H and O–H groups in total. The SMILES string of the molecule is O=CNc1c(Br)cc(O)c2c1C(=O)c1ccccc1C2=O. The van der Waals surface area contributed by atoms with Gasteiger partial charge in [0.2, 0.25) is 6.41 Å². The number of nitrogens with one attached hydrogen (secondary N) is 1. The number of carbonyl (C=O) groups excluding carboxylic acids is 3. The number of ketones is 2. The van der Waals surface area contributed by atoms with Crippen LogP contribution in [0.5, 0.6) is 5.75 Å². The van der Waals surface area contributed by atoms with Crippen molar-refractivity contribution in [3.05, 3.63) is 57.1 Å². The van der Waals surface area contributed by atoms with Crippen LogP contribution >= 0.6 is 15.9 Å². The number of phenolic OH excluding ortho intramolecular Hbond substituents is 1. The van der Waals surface area contributed by atoms with Crippen molar-refractivity contribution >= 4 is 39.6 Å². The van der Waals surface area contributed by atoms with Crippen molar-refractivity contribution in [3.8, 4) is 5.75 Å². The standard InChI is InChI=1S/C15H8BrNO4/c16-9-5-10(19)11-12(13(9)17-6-18)15(21)8-4-2-1-3-7(8)14(11)20/h1-6,19H,(H,17,18). The van der Waals surface area contributed by atoms with Gasteiger partial charge in [-0.1, -0.05) is 24.3 Å². The number of carbonyl (C=O) groups is 3. The van der Waals surface area contributed by atoms with Gasteiger partial charge in [-0.05, 0) is 22.0 Å². The third-order valence-electron chi connectivity index (χ3n) is 3.33. The number of hydrogen-bond donors (Lipinski definition) is 2. The molecular weight excluding hydrogens is 338 g/mol. The average Bonchev–Trinajstić information content (AvgIpc) is 2.47. The van der Waals surface area contributed by atoms with Crippen molar-refractivity contribution in [3.63, 3.8) is 0 Å². The lowest BCUT2D eigenvalue weighted by molar-refractivity contribution is -0.105. The predicted octanol–water partition coefficient (Wildman–Crippen LogP) is 2.50. The van der Waals surface area contributed by atoms with Gasteiger partial charge < -0.3 is 10.4 Å². The zero-order valence-electron chi connectivity index (χ0n) is 10.5. The highest BCUT2D eigenvalue weighted by Gasteiger charge is 2.34. The van der Waals surface area contributed by atoms with Crippen molar-refractivity contribution in [1.82, 2.24) is 0 Å². The van der Waals surface area contributed by atoms with E-state index in [0.29, 0.717) is 10.9 Å². The molecule has 0 heterocycles. The minimum Gasteiger partial charge on any atom is -0.507 e. The van der Waals surface area contributed by atoms with Crippen LogP contribution in [0.2, 0.25) is 0 Å². The first-order valence-corrected chi connectivity index (χ1v) is 6.79. The average molecular weight is 346 g/mol. The smallest absolute Gasteiger partial charge is 0.211 e. The van der Waals surface area contributed by atoms with Crippen LogP contribution in [-0.2, 0) is 4.79 Å². The van der Waals surface area contributed by atoms with Crippen LogP contribution in [0.3, 0.4) is 0 Å². The van der Waals surface area contributed by atoms with Crippen LogP contribution in [0.25, 0.3) is 0 Å². The molecule has 0 fully saturated rings. The molecular formula is C15H8BrNO4. The van der Waals surface area contributed by atoms with Crippen molar-refractivity contribution in [1.29, 1.82) is 0 Å². The number of phenols is 1. The van der Waals surface area contributed by atoms with Crippen LogP contribution in [0.4, 0.5) is 5.69 Å². The van der Waals surface area contributed by atoms with Crippen molar-refractivity contribution in [2.45, 2.75) is 0 Å². The summed E-state index contributed by atoms with van der Waals surface area (Å²) in [6.07, 6.45) is 0.412. The van der Waals surface area contributed by atoms with Gasteiger partial charge in [-0.25, -0.2) is 0 Å². The lowest BCUT2D eigenvalue weighted by Gasteiger charge is -2.21. The largest absolute Gasteiger partial charge is 0.507 e. The van der Waals surface area contributed by atoms with Crippen LogP contribution in [0, 0.1) is 0 Å². The van der Waals surface area contributed by atoms with Gasteiger partial charge >= 0.3 is 0 Å². The highest BCUT2D eigenvalue weighted by Crippen LogP contribution is 2.41. The van der Waals surface area contributed by atoms with Crippen molar-refractivity contribution in [2.75, 3.05) is 5.32 Å². The Labute approximate surface area is 127 Å². The Morgan fingerprint density at radius 1 is 1.05 bits per heavy atom. The second-order valence-electron chi connectivity index (χ2n) is 4.47. The van der Waals surface area contributed by atoms with E-state index in [1.165, 1.54) is 12.1 Å². The fraction of sp³-hybridized carbons (Fsp3) is 0. The maximum atomic E-state index is 12.6. The molecule has 0 spiro atoms. The molecule has 0 saturated carbocycles. The van der Waals surface area contributed by atoms with Gasteiger partial charge in [0.1, 0.15) is 5.75 Å². The number of amides is 1. The lowest BCUT2D eigenvalue weighted by atomic mass is 9.82. The Kier molecular flexibility index (Phi) is 3.10. The minimum atomic E-state index is -0.445. The van der Waals surface area contributed by atoms with Crippen molar-refractivity contribution in [2.24, 2.45) is 0 Å². The second-order valence-corrected chi connectivity index (χ2v) is 5.32. The van der Waals surface area contributed by atoms with E-state index < -0.39 is 11.6 Å². The number of benzene rings is 2. The number of hydrogen-bond acceptors (Lipinski definition) is 4. The highest BCUT2D eigenvalue weighted by molar-refractivity contribution is 9.10. The summed E-state index contributed by atoms with van der Waals surface area (Å²) >= 11 is 3.17. The summed E-state index contributed by atoms with van der Waals surface area (Å²) in [4.78, 5) is 35.9. The molecule has 1 aliphatic carbocycles. The fourth-order valence-electron chi connectivity index (χ4n) is 2.44. The van der Waals surface area contributed by atoms with Crippen LogP contribution in [0.15, 0.2) is 34.8 Å². The Balaban J connectivity index is 2.39. The molecule has 6 heteroatoms. The Bertz CT molecular complexity index is 814. The molecule has 5 nitrogen and oxygen atoms in total. The molecule has 1 aliphatic rings. The molecule has 104 valence electrons. The van der Waals surface area contributed by atoms with Gasteiger partial charge in [-0.2, -0.15) is 0 Å². The third-order valence-corrected chi connectivity index (χ3v) is 3.96. The number of rotatable bonds is 2. The van der Waals surface area contributed by atoms with Gasteiger partial charge in [-0.3, -0.25) is 14.4 Å². The zero-order valence-corrected chi connectivity index (χ0v) is 12.1. The Morgan fingerprint density at radius 3 is 2.19 bits per heavy atom. The summed E-state index contributed by atoms with van der Waals surface area (Å²) in [5, 5.41) is 12.4. The quantitative estimate of drug-likeness (QED) is 0.552. The molecule has 2 aromatic carbocycles. The summed E-state index contributed by atoms with van der Waals surface area (Å²) in [5.74, 6) is -1.17. The fourth-order valence-corrected chi connectivity index (χ4v) is 2.97. The molecule has 21 heavy (non-hydrogen) atoms. The van der Waals surface area contributed by atoms with Crippen LogP contribution in [0.1, 0.15) is 31.8 Å². The summed E-state index contributed by atoms with van der Waals surface area (Å²) in [6.45, 7) is 0. The van der Waals surface area contributed by atoms with E-state index in [0.717, 1.165) is 0 Å². The van der Waals surface area contributed by atoms with E-state index in [-0.39, 0.29) is 33.7 Å². The topological polar surface area (TPSA) is 83.5 Å². The van der Waals surface area contributed by atoms with Gasteiger partial charge in [-0.15, -0.1) is 0 Å².